The number of β-lactam (4-membered cyclic amide) rings is 1. The SMILES string of the molecule is O=C1C(CCC(O)c2ccccc2)C(c2ccc(-c3cccc(S(=O)(=O)O)c3)c(O)c2)N1c1ccccc1. The summed E-state index contributed by atoms with van der Waals surface area (Å²) in [6.45, 7) is 0. The molecule has 5 rings (SSSR count). The molecular weight excluding hydrogens is 502 g/mol. The minimum absolute atomic E-state index is 0.0501. The molecule has 0 spiro atoms. The zero-order valence-corrected chi connectivity index (χ0v) is 21.2. The lowest BCUT2D eigenvalue weighted by Crippen LogP contribution is -2.55. The van der Waals surface area contributed by atoms with Gasteiger partial charge in [0.05, 0.1) is 23.0 Å². The van der Waals surface area contributed by atoms with Crippen molar-refractivity contribution in [2.24, 2.45) is 5.92 Å². The minimum Gasteiger partial charge on any atom is -0.507 e. The molecule has 38 heavy (non-hydrogen) atoms. The first kappa shape index (κ1) is 25.7. The van der Waals surface area contributed by atoms with Crippen molar-refractivity contribution in [1.29, 1.82) is 0 Å². The highest BCUT2D eigenvalue weighted by Gasteiger charge is 2.48. The van der Waals surface area contributed by atoms with E-state index in [1.165, 1.54) is 18.2 Å². The third-order valence-electron chi connectivity index (χ3n) is 6.99. The number of hydrogen-bond acceptors (Lipinski definition) is 5. The Bertz CT molecular complexity index is 1560. The fourth-order valence-electron chi connectivity index (χ4n) is 5.07. The number of rotatable bonds is 8. The first-order valence-corrected chi connectivity index (χ1v) is 13.7. The van der Waals surface area contributed by atoms with Gasteiger partial charge in [-0.1, -0.05) is 72.8 Å². The highest BCUT2D eigenvalue weighted by atomic mass is 32.2. The van der Waals surface area contributed by atoms with Gasteiger partial charge in [-0.05, 0) is 59.9 Å². The molecule has 1 aliphatic rings. The zero-order valence-electron chi connectivity index (χ0n) is 20.4. The van der Waals surface area contributed by atoms with Gasteiger partial charge in [-0.25, -0.2) is 0 Å². The maximum absolute atomic E-state index is 13.3. The second-order valence-electron chi connectivity index (χ2n) is 9.38. The van der Waals surface area contributed by atoms with Gasteiger partial charge in [0.15, 0.2) is 0 Å². The molecule has 8 heteroatoms. The molecule has 3 atom stereocenters. The molecule has 0 aliphatic carbocycles. The Morgan fingerprint density at radius 2 is 1.53 bits per heavy atom. The predicted molar refractivity (Wildman–Crippen MR) is 144 cm³/mol. The van der Waals surface area contributed by atoms with E-state index in [1.807, 2.05) is 66.7 Å². The van der Waals surface area contributed by atoms with E-state index < -0.39 is 16.2 Å². The molecular formula is C30H27NO6S. The summed E-state index contributed by atoms with van der Waals surface area (Å²) in [5.41, 5.74) is 3.08. The standard InChI is InChI=1S/C30H27NO6S/c32-27(20-8-3-1-4-9-20)17-16-26-29(31(30(26)34)23-11-5-2-6-12-23)22-14-15-25(28(33)19-22)21-10-7-13-24(18-21)38(35,36)37/h1-15,18-19,26-27,29,32-33H,16-17H2,(H,35,36,37). The van der Waals surface area contributed by atoms with Crippen LogP contribution in [0.4, 0.5) is 5.69 Å². The summed E-state index contributed by atoms with van der Waals surface area (Å²) in [5, 5.41) is 21.6. The van der Waals surface area contributed by atoms with Crippen LogP contribution in [0.25, 0.3) is 11.1 Å². The molecule has 0 saturated carbocycles. The van der Waals surface area contributed by atoms with Crippen molar-refractivity contribution >= 4 is 21.7 Å². The fourth-order valence-corrected chi connectivity index (χ4v) is 5.59. The van der Waals surface area contributed by atoms with E-state index in [-0.39, 0.29) is 28.5 Å². The van der Waals surface area contributed by atoms with Crippen LogP contribution in [0.3, 0.4) is 0 Å². The van der Waals surface area contributed by atoms with Gasteiger partial charge in [0.2, 0.25) is 5.91 Å². The Labute approximate surface area is 221 Å². The third kappa shape index (κ3) is 5.06. The van der Waals surface area contributed by atoms with Crippen LogP contribution in [0.15, 0.2) is 108 Å². The average molecular weight is 530 g/mol. The van der Waals surface area contributed by atoms with Crippen molar-refractivity contribution in [3.8, 4) is 16.9 Å². The van der Waals surface area contributed by atoms with Crippen LogP contribution in [0, 0.1) is 5.92 Å². The van der Waals surface area contributed by atoms with Crippen LogP contribution < -0.4 is 4.90 Å². The molecule has 1 fully saturated rings. The normalized spacial score (nSPS) is 18.2. The molecule has 1 aliphatic heterocycles. The molecule has 1 amide bonds. The molecule has 3 unspecified atom stereocenters. The number of carbonyl (C=O) groups is 1. The van der Waals surface area contributed by atoms with Gasteiger partial charge < -0.3 is 15.1 Å². The van der Waals surface area contributed by atoms with Gasteiger partial charge in [0.25, 0.3) is 10.1 Å². The maximum Gasteiger partial charge on any atom is 0.294 e. The number of carbonyl (C=O) groups excluding carboxylic acids is 1. The monoisotopic (exact) mass is 529 g/mol. The molecule has 0 radical (unpaired) electrons. The molecule has 0 bridgehead atoms. The van der Waals surface area contributed by atoms with E-state index in [2.05, 4.69) is 0 Å². The summed E-state index contributed by atoms with van der Waals surface area (Å²) >= 11 is 0. The van der Waals surface area contributed by atoms with E-state index in [1.54, 1.807) is 23.1 Å². The van der Waals surface area contributed by atoms with Gasteiger partial charge >= 0.3 is 0 Å². The fraction of sp³-hybridized carbons (Fsp3) is 0.167. The second-order valence-corrected chi connectivity index (χ2v) is 10.8. The molecule has 194 valence electrons. The molecule has 7 nitrogen and oxygen atoms in total. The van der Waals surface area contributed by atoms with Gasteiger partial charge in [0.1, 0.15) is 5.75 Å². The highest BCUT2D eigenvalue weighted by molar-refractivity contribution is 7.85. The van der Waals surface area contributed by atoms with Crippen LogP contribution >= 0.6 is 0 Å². The number of phenolic OH excluding ortho intramolecular Hbond substituents is 1. The summed E-state index contributed by atoms with van der Waals surface area (Å²) in [7, 11) is -4.39. The van der Waals surface area contributed by atoms with Crippen LogP contribution in [-0.2, 0) is 14.9 Å². The van der Waals surface area contributed by atoms with E-state index in [9.17, 15) is 28.0 Å². The third-order valence-corrected chi connectivity index (χ3v) is 7.84. The Kier molecular flexibility index (Phi) is 7.03. The van der Waals surface area contributed by atoms with Crippen molar-refractivity contribution in [3.63, 3.8) is 0 Å². The predicted octanol–water partition coefficient (Wildman–Crippen LogP) is 5.52. The zero-order chi connectivity index (χ0) is 26.9. The van der Waals surface area contributed by atoms with Gasteiger partial charge in [-0.2, -0.15) is 8.42 Å². The Balaban J connectivity index is 1.45. The van der Waals surface area contributed by atoms with Crippen molar-refractivity contribution in [2.75, 3.05) is 4.90 Å². The smallest absolute Gasteiger partial charge is 0.294 e. The Morgan fingerprint density at radius 3 is 2.18 bits per heavy atom. The van der Waals surface area contributed by atoms with Crippen molar-refractivity contribution < 1.29 is 28.0 Å². The molecule has 4 aromatic rings. The number of benzene rings is 4. The van der Waals surface area contributed by atoms with E-state index in [4.69, 9.17) is 0 Å². The topological polar surface area (TPSA) is 115 Å². The lowest BCUT2D eigenvalue weighted by atomic mass is 9.78. The number of anilines is 1. The van der Waals surface area contributed by atoms with Gasteiger partial charge in [-0.15, -0.1) is 0 Å². The van der Waals surface area contributed by atoms with E-state index >= 15 is 0 Å². The van der Waals surface area contributed by atoms with Gasteiger partial charge in [-0.3, -0.25) is 9.35 Å². The summed E-state index contributed by atoms with van der Waals surface area (Å²) < 4.78 is 32.5. The molecule has 1 heterocycles. The summed E-state index contributed by atoms with van der Waals surface area (Å²) in [5.74, 6) is -0.516. The number of aliphatic hydroxyl groups excluding tert-OH is 1. The molecule has 0 aromatic heterocycles. The Morgan fingerprint density at radius 1 is 0.842 bits per heavy atom. The first-order chi connectivity index (χ1) is 18.2. The second kappa shape index (κ2) is 10.4. The summed E-state index contributed by atoms with van der Waals surface area (Å²) in [6, 6.07) is 29.0. The Hall–Kier alpha value is -3.98. The number of aromatic hydroxyl groups is 1. The first-order valence-electron chi connectivity index (χ1n) is 12.3. The van der Waals surface area contributed by atoms with Crippen molar-refractivity contribution in [3.05, 3.63) is 114 Å². The van der Waals surface area contributed by atoms with Crippen LogP contribution in [0.2, 0.25) is 0 Å². The van der Waals surface area contributed by atoms with E-state index in [0.29, 0.717) is 24.0 Å². The van der Waals surface area contributed by atoms with Gasteiger partial charge in [0, 0.05) is 11.3 Å². The average Bonchev–Trinajstić information content (AvgIpc) is 2.92. The van der Waals surface area contributed by atoms with Crippen LogP contribution in [0.1, 0.15) is 36.1 Å². The number of phenols is 1. The summed E-state index contributed by atoms with van der Waals surface area (Å²) in [6.07, 6.45) is 0.176. The highest BCUT2D eigenvalue weighted by Crippen LogP contribution is 2.47. The largest absolute Gasteiger partial charge is 0.507 e. The molecule has 4 aromatic carbocycles. The van der Waals surface area contributed by atoms with Crippen LogP contribution in [-0.4, -0.2) is 29.1 Å². The number of para-hydroxylation sites is 1. The van der Waals surface area contributed by atoms with Crippen molar-refractivity contribution in [1.82, 2.24) is 0 Å². The quantitative estimate of drug-likeness (QED) is 0.204. The lowest BCUT2D eigenvalue weighted by Gasteiger charge is -2.48. The van der Waals surface area contributed by atoms with Crippen LogP contribution in [0.5, 0.6) is 5.75 Å². The summed E-state index contributed by atoms with van der Waals surface area (Å²) in [4.78, 5) is 14.7. The lowest BCUT2D eigenvalue weighted by molar-refractivity contribution is -0.131. The van der Waals surface area contributed by atoms with Crippen molar-refractivity contribution in [2.45, 2.75) is 29.9 Å². The molecule has 1 saturated heterocycles. The molecule has 3 N–H and O–H groups in total. The minimum atomic E-state index is -4.39. The van der Waals surface area contributed by atoms with E-state index in [0.717, 1.165) is 16.8 Å². The number of hydrogen-bond donors (Lipinski definition) is 3. The number of nitrogens with zero attached hydrogens (tertiary/aromatic N) is 1. The number of amides is 1. The maximum atomic E-state index is 13.3. The number of aliphatic hydroxyl groups is 1.